The van der Waals surface area contributed by atoms with Gasteiger partial charge in [0.05, 0.1) is 5.69 Å². The summed E-state index contributed by atoms with van der Waals surface area (Å²) in [5.74, 6) is 0.127. The fourth-order valence-electron chi connectivity index (χ4n) is 1.83. The van der Waals surface area contributed by atoms with E-state index in [2.05, 4.69) is 5.10 Å². The third kappa shape index (κ3) is 2.09. The van der Waals surface area contributed by atoms with Crippen LogP contribution in [0.5, 0.6) is 5.75 Å². The van der Waals surface area contributed by atoms with Crippen molar-refractivity contribution in [1.29, 1.82) is 0 Å². The van der Waals surface area contributed by atoms with Gasteiger partial charge in [0.1, 0.15) is 5.75 Å². The molecular formula is C12H15N3O2. The minimum atomic E-state index is -0.112. The molecule has 2 rings (SSSR count). The summed E-state index contributed by atoms with van der Waals surface area (Å²) in [7, 11) is 0. The van der Waals surface area contributed by atoms with Crippen LogP contribution in [0, 0.1) is 6.92 Å². The zero-order valence-corrected chi connectivity index (χ0v) is 9.60. The summed E-state index contributed by atoms with van der Waals surface area (Å²) in [6.07, 6.45) is 0.549. The molecule has 0 aliphatic rings. The van der Waals surface area contributed by atoms with Crippen LogP contribution in [0.25, 0.3) is 5.69 Å². The number of phenols is 1. The number of hydrogen-bond donors (Lipinski definition) is 3. The van der Waals surface area contributed by atoms with Crippen LogP contribution < -0.4 is 11.3 Å². The van der Waals surface area contributed by atoms with E-state index in [0.29, 0.717) is 24.2 Å². The van der Waals surface area contributed by atoms with E-state index in [4.69, 9.17) is 5.73 Å². The molecule has 0 saturated carbocycles. The molecule has 0 unspecified atom stereocenters. The van der Waals surface area contributed by atoms with E-state index in [1.54, 1.807) is 18.2 Å². The highest BCUT2D eigenvalue weighted by molar-refractivity contribution is 5.38. The summed E-state index contributed by atoms with van der Waals surface area (Å²) in [6, 6.07) is 6.54. The van der Waals surface area contributed by atoms with Gasteiger partial charge in [0.25, 0.3) is 5.56 Å². The Labute approximate surface area is 98.5 Å². The minimum absolute atomic E-state index is 0.112. The molecule has 0 aliphatic heterocycles. The molecule has 0 spiro atoms. The molecule has 17 heavy (non-hydrogen) atoms. The Kier molecular flexibility index (Phi) is 3.01. The van der Waals surface area contributed by atoms with Crippen LogP contribution in [0.1, 0.15) is 11.3 Å². The molecule has 0 saturated heterocycles. The molecule has 4 N–H and O–H groups in total. The standard InChI is InChI=1S/C12H15N3O2/c1-8-11(5-6-13)12(17)15(14-8)9-3-2-4-10(16)7-9/h2-4,7,14,16H,5-6,13H2,1H3. The predicted octanol–water partition coefficient (Wildman–Crippen LogP) is 0.681. The molecule has 1 aromatic heterocycles. The summed E-state index contributed by atoms with van der Waals surface area (Å²) in [6.45, 7) is 2.28. The number of phenolic OH excluding ortho intramolecular Hbond substituents is 1. The Morgan fingerprint density at radius 2 is 2.24 bits per heavy atom. The molecule has 2 aromatic rings. The van der Waals surface area contributed by atoms with Crippen LogP contribution in [0.4, 0.5) is 0 Å². The number of nitrogens with zero attached hydrogens (tertiary/aromatic N) is 1. The number of hydrogen-bond acceptors (Lipinski definition) is 3. The maximum Gasteiger partial charge on any atom is 0.274 e. The molecule has 0 fully saturated rings. The third-order valence-corrected chi connectivity index (χ3v) is 2.68. The average molecular weight is 233 g/mol. The first-order valence-electron chi connectivity index (χ1n) is 5.43. The fourth-order valence-corrected chi connectivity index (χ4v) is 1.83. The number of aromatic hydroxyl groups is 1. The molecule has 0 amide bonds. The van der Waals surface area contributed by atoms with Crippen molar-refractivity contribution in [3.05, 3.63) is 45.9 Å². The fraction of sp³-hybridized carbons (Fsp3) is 0.250. The van der Waals surface area contributed by atoms with Gasteiger partial charge in [-0.25, -0.2) is 4.68 Å². The molecule has 0 radical (unpaired) electrons. The van der Waals surface area contributed by atoms with E-state index in [-0.39, 0.29) is 11.3 Å². The highest BCUT2D eigenvalue weighted by atomic mass is 16.3. The van der Waals surface area contributed by atoms with Gasteiger partial charge in [-0.3, -0.25) is 9.89 Å². The first kappa shape index (κ1) is 11.5. The quantitative estimate of drug-likeness (QED) is 0.729. The van der Waals surface area contributed by atoms with E-state index in [0.717, 1.165) is 5.69 Å². The molecule has 0 bridgehead atoms. The smallest absolute Gasteiger partial charge is 0.274 e. The summed E-state index contributed by atoms with van der Waals surface area (Å²) in [4.78, 5) is 12.1. The molecule has 5 heteroatoms. The third-order valence-electron chi connectivity index (χ3n) is 2.68. The van der Waals surface area contributed by atoms with E-state index in [9.17, 15) is 9.90 Å². The number of aryl methyl sites for hydroxylation is 1. The van der Waals surface area contributed by atoms with Gasteiger partial charge in [-0.2, -0.15) is 0 Å². The van der Waals surface area contributed by atoms with E-state index in [1.165, 1.54) is 10.7 Å². The van der Waals surface area contributed by atoms with Crippen molar-refractivity contribution in [2.24, 2.45) is 5.73 Å². The van der Waals surface area contributed by atoms with E-state index < -0.39 is 0 Å². The monoisotopic (exact) mass is 233 g/mol. The lowest BCUT2D eigenvalue weighted by molar-refractivity contribution is 0.474. The Balaban J connectivity index is 2.54. The normalized spacial score (nSPS) is 10.7. The van der Waals surface area contributed by atoms with Crippen LogP contribution in [-0.4, -0.2) is 21.4 Å². The van der Waals surface area contributed by atoms with Gasteiger partial charge in [-0.15, -0.1) is 0 Å². The summed E-state index contributed by atoms with van der Waals surface area (Å²) < 4.78 is 1.42. The maximum absolute atomic E-state index is 12.1. The maximum atomic E-state index is 12.1. The first-order valence-corrected chi connectivity index (χ1v) is 5.43. The lowest BCUT2D eigenvalue weighted by atomic mass is 10.2. The molecule has 5 nitrogen and oxygen atoms in total. The van der Waals surface area contributed by atoms with E-state index >= 15 is 0 Å². The lowest BCUT2D eigenvalue weighted by Crippen LogP contribution is -2.19. The highest BCUT2D eigenvalue weighted by Gasteiger charge is 2.11. The number of rotatable bonds is 3. The van der Waals surface area contributed by atoms with Gasteiger partial charge < -0.3 is 10.8 Å². The summed E-state index contributed by atoms with van der Waals surface area (Å²) in [5.41, 5.74) is 7.47. The molecule has 0 aliphatic carbocycles. The van der Waals surface area contributed by atoms with Crippen LogP contribution in [0.2, 0.25) is 0 Å². The van der Waals surface area contributed by atoms with Gasteiger partial charge >= 0.3 is 0 Å². The van der Waals surface area contributed by atoms with Crippen LogP contribution in [-0.2, 0) is 6.42 Å². The number of benzene rings is 1. The van der Waals surface area contributed by atoms with Crippen molar-refractivity contribution >= 4 is 0 Å². The Morgan fingerprint density at radius 3 is 2.88 bits per heavy atom. The van der Waals surface area contributed by atoms with Gasteiger partial charge in [-0.05, 0) is 32.0 Å². The molecule has 90 valence electrons. The van der Waals surface area contributed by atoms with Gasteiger partial charge in [0.15, 0.2) is 0 Å². The number of nitrogens with two attached hydrogens (primary N) is 1. The van der Waals surface area contributed by atoms with Crippen LogP contribution in [0.15, 0.2) is 29.1 Å². The van der Waals surface area contributed by atoms with Gasteiger partial charge in [0, 0.05) is 17.3 Å². The largest absolute Gasteiger partial charge is 0.508 e. The van der Waals surface area contributed by atoms with Crippen molar-refractivity contribution in [2.75, 3.05) is 6.54 Å². The van der Waals surface area contributed by atoms with Crippen molar-refractivity contribution in [3.8, 4) is 11.4 Å². The van der Waals surface area contributed by atoms with Gasteiger partial charge in [-0.1, -0.05) is 6.07 Å². The zero-order chi connectivity index (χ0) is 12.4. The Morgan fingerprint density at radius 1 is 1.47 bits per heavy atom. The molecule has 1 heterocycles. The molecular weight excluding hydrogens is 218 g/mol. The van der Waals surface area contributed by atoms with Gasteiger partial charge in [0.2, 0.25) is 0 Å². The van der Waals surface area contributed by atoms with Crippen molar-refractivity contribution < 1.29 is 5.11 Å². The second kappa shape index (κ2) is 4.47. The second-order valence-corrected chi connectivity index (χ2v) is 3.91. The first-order chi connectivity index (χ1) is 8.13. The van der Waals surface area contributed by atoms with Crippen molar-refractivity contribution in [1.82, 2.24) is 9.78 Å². The topological polar surface area (TPSA) is 84.0 Å². The van der Waals surface area contributed by atoms with E-state index in [1.807, 2.05) is 6.92 Å². The van der Waals surface area contributed by atoms with Crippen molar-refractivity contribution in [3.63, 3.8) is 0 Å². The Bertz CT molecular complexity index is 584. The number of nitrogens with one attached hydrogen (secondary N) is 1. The highest BCUT2D eigenvalue weighted by Crippen LogP contribution is 2.14. The Hall–Kier alpha value is -2.01. The van der Waals surface area contributed by atoms with Crippen LogP contribution >= 0.6 is 0 Å². The minimum Gasteiger partial charge on any atom is -0.508 e. The second-order valence-electron chi connectivity index (χ2n) is 3.91. The predicted molar refractivity (Wildman–Crippen MR) is 65.5 cm³/mol. The average Bonchev–Trinajstić information content (AvgIpc) is 2.57. The number of aromatic nitrogens is 2. The molecule has 0 atom stereocenters. The SMILES string of the molecule is Cc1[nH]n(-c2cccc(O)c2)c(=O)c1CCN. The summed E-state index contributed by atoms with van der Waals surface area (Å²) >= 11 is 0. The lowest BCUT2D eigenvalue weighted by Gasteiger charge is -2.01. The summed E-state index contributed by atoms with van der Waals surface area (Å²) in [5, 5.41) is 12.4. The molecule has 1 aromatic carbocycles. The van der Waals surface area contributed by atoms with Crippen molar-refractivity contribution in [2.45, 2.75) is 13.3 Å². The van der Waals surface area contributed by atoms with Crippen LogP contribution in [0.3, 0.4) is 0 Å². The number of aromatic amines is 1. The number of H-pyrrole nitrogens is 1. The zero-order valence-electron chi connectivity index (χ0n) is 9.60.